The number of Topliss-reactive ketones (excluding diaryl/α,β-unsaturated/α-hetero) is 1. The van der Waals surface area contributed by atoms with Crippen molar-refractivity contribution in [3.63, 3.8) is 0 Å². The van der Waals surface area contributed by atoms with Gasteiger partial charge in [-0.05, 0) is 30.5 Å². The molecule has 3 nitrogen and oxygen atoms in total. The van der Waals surface area contributed by atoms with Gasteiger partial charge in [0.05, 0.1) is 12.5 Å². The molecule has 0 radical (unpaired) electrons. The molecule has 1 atom stereocenters. The van der Waals surface area contributed by atoms with E-state index in [1.165, 1.54) is 0 Å². The summed E-state index contributed by atoms with van der Waals surface area (Å²) in [6.45, 7) is 0. The Morgan fingerprint density at radius 2 is 2.06 bits per heavy atom. The van der Waals surface area contributed by atoms with Crippen LogP contribution >= 0.6 is 11.6 Å². The molecule has 1 aliphatic carbocycles. The molecule has 2 rings (SSSR count). The molecular weight excluding hydrogens is 238 g/mol. The predicted octanol–water partition coefficient (Wildman–Crippen LogP) is 2.12. The van der Waals surface area contributed by atoms with Gasteiger partial charge in [0.1, 0.15) is 0 Å². The first-order valence-corrected chi connectivity index (χ1v) is 6.09. The summed E-state index contributed by atoms with van der Waals surface area (Å²) in [6.07, 6.45) is 2.53. The van der Waals surface area contributed by atoms with Crippen molar-refractivity contribution >= 4 is 23.3 Å². The highest BCUT2D eigenvalue weighted by Gasteiger charge is 2.25. The van der Waals surface area contributed by atoms with E-state index in [9.17, 15) is 9.59 Å². The first-order valence-electron chi connectivity index (χ1n) is 5.71. The van der Waals surface area contributed by atoms with Crippen molar-refractivity contribution in [2.75, 3.05) is 0 Å². The highest BCUT2D eigenvalue weighted by Crippen LogP contribution is 2.15. The fourth-order valence-corrected chi connectivity index (χ4v) is 2.13. The summed E-state index contributed by atoms with van der Waals surface area (Å²) < 4.78 is 0. The number of halogens is 1. The van der Waals surface area contributed by atoms with Gasteiger partial charge >= 0.3 is 0 Å². The van der Waals surface area contributed by atoms with E-state index in [1.54, 1.807) is 12.1 Å². The van der Waals surface area contributed by atoms with E-state index in [2.05, 4.69) is 5.32 Å². The summed E-state index contributed by atoms with van der Waals surface area (Å²) in [7, 11) is 0. The van der Waals surface area contributed by atoms with Gasteiger partial charge in [-0.3, -0.25) is 9.59 Å². The van der Waals surface area contributed by atoms with Gasteiger partial charge in [-0.25, -0.2) is 0 Å². The van der Waals surface area contributed by atoms with E-state index in [0.29, 0.717) is 17.9 Å². The summed E-state index contributed by atoms with van der Waals surface area (Å²) in [5.41, 5.74) is 0.900. The van der Waals surface area contributed by atoms with Crippen molar-refractivity contribution in [3.05, 3.63) is 34.9 Å². The molecule has 4 heteroatoms. The topological polar surface area (TPSA) is 46.2 Å². The molecule has 0 aromatic heterocycles. The molecule has 1 fully saturated rings. The van der Waals surface area contributed by atoms with Crippen LogP contribution < -0.4 is 5.32 Å². The second-order valence-corrected chi connectivity index (χ2v) is 4.72. The molecule has 0 bridgehead atoms. The van der Waals surface area contributed by atoms with E-state index in [4.69, 9.17) is 11.6 Å². The normalized spacial score (nSPS) is 19.4. The summed E-state index contributed by atoms with van der Waals surface area (Å²) in [5, 5.41) is 3.42. The Bertz CT molecular complexity index is 428. The van der Waals surface area contributed by atoms with Crippen LogP contribution in [0.15, 0.2) is 24.3 Å². The summed E-state index contributed by atoms with van der Waals surface area (Å²) in [4.78, 5) is 23.1. The predicted molar refractivity (Wildman–Crippen MR) is 65.9 cm³/mol. The molecule has 90 valence electrons. The van der Waals surface area contributed by atoms with Gasteiger partial charge in [-0.1, -0.05) is 23.7 Å². The molecule has 0 aliphatic heterocycles. The van der Waals surface area contributed by atoms with Crippen LogP contribution in [0.3, 0.4) is 0 Å². The van der Waals surface area contributed by atoms with Crippen LogP contribution in [0.2, 0.25) is 5.02 Å². The van der Waals surface area contributed by atoms with Gasteiger partial charge in [0.25, 0.3) is 0 Å². The molecule has 1 aliphatic rings. The highest BCUT2D eigenvalue weighted by atomic mass is 35.5. The number of benzene rings is 1. The number of rotatable bonds is 3. The zero-order chi connectivity index (χ0) is 12.3. The first-order chi connectivity index (χ1) is 8.15. The molecule has 1 aromatic carbocycles. The molecule has 0 spiro atoms. The standard InChI is InChI=1S/C13H14ClNO2/c14-10-6-4-9(5-7-10)8-13(17)15-11-2-1-3-12(11)16/h4-7,11H,1-3,8H2,(H,15,17). The lowest BCUT2D eigenvalue weighted by Crippen LogP contribution is -2.38. The quantitative estimate of drug-likeness (QED) is 0.895. The summed E-state index contributed by atoms with van der Waals surface area (Å²) >= 11 is 5.76. The number of carbonyl (C=O) groups is 2. The van der Waals surface area contributed by atoms with Crippen molar-refractivity contribution in [2.45, 2.75) is 31.7 Å². The Hall–Kier alpha value is -1.35. The maximum absolute atomic E-state index is 11.7. The molecule has 1 aromatic rings. The number of hydrogen-bond acceptors (Lipinski definition) is 2. The van der Waals surface area contributed by atoms with Crippen LogP contribution in [0.25, 0.3) is 0 Å². The number of ketones is 1. The van der Waals surface area contributed by atoms with Gasteiger partial charge < -0.3 is 5.32 Å². The Labute approximate surface area is 105 Å². The Balaban J connectivity index is 1.88. The molecule has 0 heterocycles. The van der Waals surface area contributed by atoms with Crippen LogP contribution in [0, 0.1) is 0 Å². The smallest absolute Gasteiger partial charge is 0.224 e. The molecule has 1 unspecified atom stereocenters. The maximum Gasteiger partial charge on any atom is 0.224 e. The molecule has 1 N–H and O–H groups in total. The van der Waals surface area contributed by atoms with Crippen molar-refractivity contribution in [3.8, 4) is 0 Å². The van der Waals surface area contributed by atoms with Gasteiger partial charge in [0.15, 0.2) is 5.78 Å². The van der Waals surface area contributed by atoms with E-state index in [0.717, 1.165) is 18.4 Å². The lowest BCUT2D eigenvalue weighted by molar-refractivity contribution is -0.126. The minimum atomic E-state index is -0.269. The molecule has 0 saturated heterocycles. The van der Waals surface area contributed by atoms with E-state index < -0.39 is 0 Å². The van der Waals surface area contributed by atoms with Crippen LogP contribution in [0.5, 0.6) is 0 Å². The zero-order valence-electron chi connectivity index (χ0n) is 9.41. The van der Waals surface area contributed by atoms with Gasteiger partial charge in [0.2, 0.25) is 5.91 Å². The fourth-order valence-electron chi connectivity index (χ4n) is 2.00. The number of nitrogens with one attached hydrogen (secondary N) is 1. The monoisotopic (exact) mass is 251 g/mol. The van der Waals surface area contributed by atoms with Crippen LogP contribution in [-0.4, -0.2) is 17.7 Å². The van der Waals surface area contributed by atoms with Crippen molar-refractivity contribution < 1.29 is 9.59 Å². The lowest BCUT2D eigenvalue weighted by Gasteiger charge is -2.10. The second-order valence-electron chi connectivity index (χ2n) is 4.28. The maximum atomic E-state index is 11.7. The average Bonchev–Trinajstić information content (AvgIpc) is 2.68. The van der Waals surface area contributed by atoms with Gasteiger partial charge in [-0.2, -0.15) is 0 Å². The highest BCUT2D eigenvalue weighted by molar-refractivity contribution is 6.30. The van der Waals surface area contributed by atoms with Gasteiger partial charge in [0, 0.05) is 11.4 Å². The fraction of sp³-hybridized carbons (Fsp3) is 0.385. The Kier molecular flexibility index (Phi) is 3.79. The Morgan fingerprint density at radius 1 is 1.35 bits per heavy atom. The summed E-state index contributed by atoms with van der Waals surface area (Å²) in [5.74, 6) is 0.0435. The van der Waals surface area contributed by atoms with Crippen LogP contribution in [-0.2, 0) is 16.0 Å². The van der Waals surface area contributed by atoms with Gasteiger partial charge in [-0.15, -0.1) is 0 Å². The minimum Gasteiger partial charge on any atom is -0.346 e. The summed E-state index contributed by atoms with van der Waals surface area (Å²) in [6, 6.07) is 6.88. The second kappa shape index (κ2) is 5.32. The van der Waals surface area contributed by atoms with Crippen molar-refractivity contribution in [2.24, 2.45) is 0 Å². The van der Waals surface area contributed by atoms with Crippen LogP contribution in [0.4, 0.5) is 0 Å². The van der Waals surface area contributed by atoms with Crippen molar-refractivity contribution in [1.82, 2.24) is 5.32 Å². The number of carbonyl (C=O) groups excluding carboxylic acids is 2. The van der Waals surface area contributed by atoms with E-state index in [1.807, 2.05) is 12.1 Å². The minimum absolute atomic E-state index is 0.104. The largest absolute Gasteiger partial charge is 0.346 e. The third kappa shape index (κ3) is 3.30. The van der Waals surface area contributed by atoms with E-state index in [-0.39, 0.29) is 17.7 Å². The first kappa shape index (κ1) is 12.1. The Morgan fingerprint density at radius 3 is 2.65 bits per heavy atom. The SMILES string of the molecule is O=C(Cc1ccc(Cl)cc1)NC1CCCC1=O. The molecule has 17 heavy (non-hydrogen) atoms. The van der Waals surface area contributed by atoms with Crippen LogP contribution in [0.1, 0.15) is 24.8 Å². The molecule has 1 saturated carbocycles. The molecule has 1 amide bonds. The van der Waals surface area contributed by atoms with Crippen molar-refractivity contribution in [1.29, 1.82) is 0 Å². The third-order valence-electron chi connectivity index (χ3n) is 2.92. The average molecular weight is 252 g/mol. The third-order valence-corrected chi connectivity index (χ3v) is 3.17. The number of amides is 1. The van der Waals surface area contributed by atoms with E-state index >= 15 is 0 Å². The number of hydrogen-bond donors (Lipinski definition) is 1. The molecular formula is C13H14ClNO2. The zero-order valence-corrected chi connectivity index (χ0v) is 10.2. The lowest BCUT2D eigenvalue weighted by atomic mass is 10.1.